The monoisotopic (exact) mass is 362 g/mol. The SMILES string of the molecule is CC(C)n1cnc(S(=O)(=O)NCc2ccnc(-c3ccsc3)c2)c1. The molecule has 1 N–H and O–H groups in total. The molecule has 0 saturated carbocycles. The summed E-state index contributed by atoms with van der Waals surface area (Å²) >= 11 is 1.60. The van der Waals surface area contributed by atoms with Gasteiger partial charge in [0.15, 0.2) is 5.03 Å². The van der Waals surface area contributed by atoms with Crippen LogP contribution in [0, 0.1) is 0 Å². The van der Waals surface area contributed by atoms with Crippen molar-refractivity contribution in [2.75, 3.05) is 0 Å². The Morgan fingerprint density at radius 2 is 2.12 bits per heavy atom. The molecule has 0 aliphatic carbocycles. The number of aromatic nitrogens is 3. The zero-order valence-electron chi connectivity index (χ0n) is 13.4. The molecule has 0 aliphatic heterocycles. The van der Waals surface area contributed by atoms with Crippen molar-refractivity contribution < 1.29 is 8.42 Å². The van der Waals surface area contributed by atoms with E-state index in [-0.39, 0.29) is 17.6 Å². The molecular formula is C16H18N4O2S2. The van der Waals surface area contributed by atoms with Gasteiger partial charge in [-0.05, 0) is 43.0 Å². The topological polar surface area (TPSA) is 76.9 Å². The van der Waals surface area contributed by atoms with Crippen molar-refractivity contribution in [3.8, 4) is 11.3 Å². The van der Waals surface area contributed by atoms with Gasteiger partial charge in [0.05, 0.1) is 12.0 Å². The molecular weight excluding hydrogens is 344 g/mol. The van der Waals surface area contributed by atoms with Crippen LogP contribution in [0.1, 0.15) is 25.5 Å². The van der Waals surface area contributed by atoms with Crippen molar-refractivity contribution in [2.24, 2.45) is 0 Å². The van der Waals surface area contributed by atoms with Gasteiger partial charge in [0.1, 0.15) is 0 Å². The number of nitrogens with one attached hydrogen (secondary N) is 1. The summed E-state index contributed by atoms with van der Waals surface area (Å²) < 4.78 is 29.1. The van der Waals surface area contributed by atoms with E-state index in [1.807, 2.05) is 36.7 Å². The highest BCUT2D eigenvalue weighted by atomic mass is 32.2. The number of pyridine rings is 1. The first-order chi connectivity index (χ1) is 11.5. The van der Waals surface area contributed by atoms with Crippen LogP contribution in [0.4, 0.5) is 0 Å². The molecule has 0 fully saturated rings. The summed E-state index contributed by atoms with van der Waals surface area (Å²) in [4.78, 5) is 8.30. The quantitative estimate of drug-likeness (QED) is 0.731. The molecule has 0 saturated heterocycles. The molecule has 0 bridgehead atoms. The van der Waals surface area contributed by atoms with Crippen molar-refractivity contribution in [3.05, 3.63) is 53.2 Å². The molecule has 0 aromatic carbocycles. The number of hydrogen-bond donors (Lipinski definition) is 1. The Bertz CT molecular complexity index is 915. The zero-order valence-corrected chi connectivity index (χ0v) is 15.0. The Labute approximate surface area is 145 Å². The fraction of sp³-hybridized carbons (Fsp3) is 0.250. The van der Waals surface area contributed by atoms with Crippen molar-refractivity contribution in [3.63, 3.8) is 0 Å². The van der Waals surface area contributed by atoms with Gasteiger partial charge >= 0.3 is 0 Å². The Balaban J connectivity index is 1.74. The lowest BCUT2D eigenvalue weighted by molar-refractivity contribution is 0.576. The molecule has 3 aromatic heterocycles. The summed E-state index contributed by atoms with van der Waals surface area (Å²) in [6.45, 7) is 4.12. The average Bonchev–Trinajstić information content (AvgIpc) is 3.25. The van der Waals surface area contributed by atoms with Gasteiger partial charge in [-0.2, -0.15) is 11.3 Å². The molecule has 0 unspecified atom stereocenters. The van der Waals surface area contributed by atoms with Gasteiger partial charge in [0.2, 0.25) is 0 Å². The van der Waals surface area contributed by atoms with E-state index in [1.54, 1.807) is 28.2 Å². The molecule has 126 valence electrons. The summed E-state index contributed by atoms with van der Waals surface area (Å²) in [5.74, 6) is 0. The zero-order chi connectivity index (χ0) is 17.2. The molecule has 24 heavy (non-hydrogen) atoms. The molecule has 3 rings (SSSR count). The van der Waals surface area contributed by atoms with Gasteiger partial charge < -0.3 is 4.57 Å². The fourth-order valence-corrected chi connectivity index (χ4v) is 3.74. The highest BCUT2D eigenvalue weighted by molar-refractivity contribution is 7.89. The van der Waals surface area contributed by atoms with E-state index in [1.165, 1.54) is 12.5 Å². The van der Waals surface area contributed by atoms with E-state index >= 15 is 0 Å². The first-order valence-electron chi connectivity index (χ1n) is 7.46. The largest absolute Gasteiger partial charge is 0.334 e. The maximum Gasteiger partial charge on any atom is 0.259 e. The van der Waals surface area contributed by atoms with Crippen LogP contribution in [0.5, 0.6) is 0 Å². The highest BCUT2D eigenvalue weighted by Crippen LogP contribution is 2.20. The van der Waals surface area contributed by atoms with Crippen LogP contribution in [0.2, 0.25) is 0 Å². The van der Waals surface area contributed by atoms with E-state index in [2.05, 4.69) is 14.7 Å². The normalized spacial score (nSPS) is 12.0. The summed E-state index contributed by atoms with van der Waals surface area (Å²) in [5.41, 5.74) is 2.70. The lowest BCUT2D eigenvalue weighted by atomic mass is 10.1. The van der Waals surface area contributed by atoms with Crippen LogP contribution in [0.3, 0.4) is 0 Å². The summed E-state index contributed by atoms with van der Waals surface area (Å²) in [7, 11) is -3.64. The minimum absolute atomic E-state index is 0.0308. The molecule has 6 nitrogen and oxygen atoms in total. The number of thiophene rings is 1. The Morgan fingerprint density at radius 1 is 1.29 bits per heavy atom. The van der Waals surface area contributed by atoms with E-state index in [4.69, 9.17) is 0 Å². The van der Waals surface area contributed by atoms with Crippen LogP contribution < -0.4 is 4.72 Å². The first kappa shape index (κ1) is 16.8. The molecule has 0 spiro atoms. The lowest BCUT2D eigenvalue weighted by Gasteiger charge is -2.06. The predicted octanol–water partition coefficient (Wildman–Crippen LogP) is 3.07. The Kier molecular flexibility index (Phi) is 4.79. The predicted molar refractivity (Wildman–Crippen MR) is 94.2 cm³/mol. The third kappa shape index (κ3) is 3.72. The van der Waals surface area contributed by atoms with Crippen molar-refractivity contribution in [2.45, 2.75) is 31.5 Å². The van der Waals surface area contributed by atoms with Crippen LogP contribution in [0.25, 0.3) is 11.3 Å². The molecule has 0 aliphatic rings. The van der Waals surface area contributed by atoms with E-state index in [9.17, 15) is 8.42 Å². The highest BCUT2D eigenvalue weighted by Gasteiger charge is 2.17. The van der Waals surface area contributed by atoms with Gasteiger partial charge in [-0.1, -0.05) is 0 Å². The molecule has 3 aromatic rings. The molecule has 8 heteroatoms. The van der Waals surface area contributed by atoms with Gasteiger partial charge in [0.25, 0.3) is 10.0 Å². The standard InChI is InChI=1S/C16H18N4O2S2/c1-12(2)20-9-16(18-11-20)24(21,22)19-8-13-3-5-17-15(7-13)14-4-6-23-10-14/h3-7,9-12,19H,8H2,1-2H3. The average molecular weight is 362 g/mol. The number of nitrogens with zero attached hydrogens (tertiary/aromatic N) is 3. The second kappa shape index (κ2) is 6.84. The molecule has 0 atom stereocenters. The van der Waals surface area contributed by atoms with Crippen LogP contribution >= 0.6 is 11.3 Å². The fourth-order valence-electron chi connectivity index (χ4n) is 2.14. The summed E-state index contributed by atoms with van der Waals surface area (Å²) in [5, 5.41) is 4.02. The van der Waals surface area contributed by atoms with E-state index in [0.717, 1.165) is 16.8 Å². The minimum atomic E-state index is -3.64. The van der Waals surface area contributed by atoms with Crippen molar-refractivity contribution in [1.29, 1.82) is 0 Å². The smallest absolute Gasteiger partial charge is 0.259 e. The molecule has 0 amide bonds. The van der Waals surface area contributed by atoms with Crippen molar-refractivity contribution >= 4 is 21.4 Å². The van der Waals surface area contributed by atoms with Gasteiger partial charge in [0, 0.05) is 35.9 Å². The van der Waals surface area contributed by atoms with Gasteiger partial charge in [-0.15, -0.1) is 0 Å². The van der Waals surface area contributed by atoms with Gasteiger partial charge in [-0.25, -0.2) is 18.1 Å². The summed E-state index contributed by atoms with van der Waals surface area (Å²) in [6.07, 6.45) is 4.75. The first-order valence-corrected chi connectivity index (χ1v) is 9.89. The third-order valence-electron chi connectivity index (χ3n) is 3.56. The molecule has 3 heterocycles. The van der Waals surface area contributed by atoms with Crippen LogP contribution in [0.15, 0.2) is 52.7 Å². The van der Waals surface area contributed by atoms with E-state index in [0.29, 0.717) is 0 Å². The maximum atomic E-state index is 12.4. The molecule has 0 radical (unpaired) electrons. The number of rotatable bonds is 6. The van der Waals surface area contributed by atoms with Crippen LogP contribution in [-0.2, 0) is 16.6 Å². The number of sulfonamides is 1. The summed E-state index contributed by atoms with van der Waals surface area (Å²) in [6, 6.07) is 5.83. The lowest BCUT2D eigenvalue weighted by Crippen LogP contribution is -2.23. The number of imidazole rings is 1. The maximum absolute atomic E-state index is 12.4. The minimum Gasteiger partial charge on any atom is -0.334 e. The van der Waals surface area contributed by atoms with Crippen LogP contribution in [-0.4, -0.2) is 23.0 Å². The van der Waals surface area contributed by atoms with Crippen molar-refractivity contribution in [1.82, 2.24) is 19.3 Å². The van der Waals surface area contributed by atoms with E-state index < -0.39 is 10.0 Å². The van der Waals surface area contributed by atoms with Gasteiger partial charge in [-0.3, -0.25) is 4.98 Å². The Hall–Kier alpha value is -2.03. The second-order valence-corrected chi connectivity index (χ2v) is 8.13. The second-order valence-electron chi connectivity index (χ2n) is 5.64. The third-order valence-corrected chi connectivity index (χ3v) is 5.53. The number of hydrogen-bond acceptors (Lipinski definition) is 5. The Morgan fingerprint density at radius 3 is 2.79 bits per heavy atom.